The highest BCUT2D eigenvalue weighted by molar-refractivity contribution is 5.95. The molecule has 0 aliphatic rings. The predicted octanol–water partition coefficient (Wildman–Crippen LogP) is 0.167. The Bertz CT molecular complexity index is 185. The fourth-order valence-corrected chi connectivity index (χ4v) is 0.952. The number of nitrogens with zero attached hydrogens (tertiary/aromatic N) is 1. The molecule has 0 radical (unpaired) electrons. The minimum atomic E-state index is 0.119. The Labute approximate surface area is 74.4 Å². The Hall–Kier alpha value is -0.670. The number of ketones is 1. The van der Waals surface area contributed by atoms with Crippen LogP contribution in [0.3, 0.4) is 0 Å². The third-order valence-corrected chi connectivity index (χ3v) is 1.78. The van der Waals surface area contributed by atoms with E-state index in [1.165, 1.54) is 0 Å². The maximum Gasteiger partial charge on any atom is 0.212 e. The molecule has 3 heteroatoms. The van der Waals surface area contributed by atoms with Gasteiger partial charge in [-0.15, -0.1) is 0 Å². The van der Waals surface area contributed by atoms with Crippen molar-refractivity contribution in [1.82, 2.24) is 0 Å². The number of likely N-dealkylation sites (N-methyl/N-ethyl adjacent to an activating group) is 1. The summed E-state index contributed by atoms with van der Waals surface area (Å²) in [5.41, 5.74) is 6.04. The Morgan fingerprint density at radius 2 is 2.00 bits per heavy atom. The van der Waals surface area contributed by atoms with Crippen molar-refractivity contribution in [1.29, 1.82) is 0 Å². The van der Waals surface area contributed by atoms with E-state index in [-0.39, 0.29) is 5.78 Å². The largest absolute Gasteiger partial charge is 0.326 e. The van der Waals surface area contributed by atoms with E-state index in [1.807, 2.05) is 14.1 Å². The minimum absolute atomic E-state index is 0.119. The van der Waals surface area contributed by atoms with Gasteiger partial charge in [0, 0.05) is 6.54 Å². The Kier molecular flexibility index (Phi) is 4.13. The molecule has 0 bridgehead atoms. The average Bonchev–Trinajstić information content (AvgIpc) is 1.85. The molecule has 0 aromatic heterocycles. The number of nitrogens with two attached hydrogens (primary N) is 1. The van der Waals surface area contributed by atoms with Crippen molar-refractivity contribution in [2.45, 2.75) is 6.92 Å². The van der Waals surface area contributed by atoms with Crippen LogP contribution in [0.25, 0.3) is 0 Å². The lowest BCUT2D eigenvalue weighted by Gasteiger charge is -2.28. The van der Waals surface area contributed by atoms with E-state index in [4.69, 9.17) is 5.73 Å². The number of carbonyl (C=O) groups is 1. The zero-order valence-corrected chi connectivity index (χ0v) is 8.26. The number of hydrogen-bond acceptors (Lipinski definition) is 2. The molecular weight excluding hydrogens is 152 g/mol. The van der Waals surface area contributed by atoms with Gasteiger partial charge in [-0.2, -0.15) is 0 Å². The highest BCUT2D eigenvalue weighted by Crippen LogP contribution is 1.99. The van der Waals surface area contributed by atoms with Gasteiger partial charge in [-0.1, -0.05) is 6.58 Å². The molecule has 0 saturated heterocycles. The van der Waals surface area contributed by atoms with Crippen LogP contribution < -0.4 is 5.73 Å². The second kappa shape index (κ2) is 4.38. The van der Waals surface area contributed by atoms with Gasteiger partial charge in [0.15, 0.2) is 0 Å². The smallest absolute Gasteiger partial charge is 0.212 e. The van der Waals surface area contributed by atoms with Crippen LogP contribution in [0.2, 0.25) is 0 Å². The van der Waals surface area contributed by atoms with E-state index in [9.17, 15) is 4.79 Å². The van der Waals surface area contributed by atoms with Gasteiger partial charge >= 0.3 is 0 Å². The van der Waals surface area contributed by atoms with Crippen molar-refractivity contribution in [3.63, 3.8) is 0 Å². The lowest BCUT2D eigenvalue weighted by molar-refractivity contribution is -0.880. The molecule has 12 heavy (non-hydrogen) atoms. The van der Waals surface area contributed by atoms with Crippen LogP contribution in [0.15, 0.2) is 12.2 Å². The quantitative estimate of drug-likeness (QED) is 0.473. The Morgan fingerprint density at radius 3 is 2.33 bits per heavy atom. The molecule has 0 aromatic rings. The maximum absolute atomic E-state index is 11.3. The van der Waals surface area contributed by atoms with Crippen LogP contribution in [-0.4, -0.2) is 44.0 Å². The van der Waals surface area contributed by atoms with Gasteiger partial charge in [0.1, 0.15) is 6.54 Å². The third kappa shape index (κ3) is 4.26. The fourth-order valence-electron chi connectivity index (χ4n) is 0.952. The molecule has 0 rings (SSSR count). The number of quaternary nitrogens is 1. The fraction of sp³-hybridized carbons (Fsp3) is 0.667. The SMILES string of the molecule is C=C(C)C(=O)C[N+](C)(C)CCN. The molecule has 0 saturated carbocycles. The highest BCUT2D eigenvalue weighted by Gasteiger charge is 2.18. The van der Waals surface area contributed by atoms with E-state index < -0.39 is 0 Å². The second-order valence-electron chi connectivity index (χ2n) is 3.81. The first-order chi connectivity index (χ1) is 5.39. The number of hydrogen-bond donors (Lipinski definition) is 1. The molecule has 0 aromatic carbocycles. The van der Waals surface area contributed by atoms with E-state index >= 15 is 0 Å². The maximum atomic E-state index is 11.3. The molecule has 0 spiro atoms. The molecule has 70 valence electrons. The lowest BCUT2D eigenvalue weighted by atomic mass is 10.2. The van der Waals surface area contributed by atoms with Crippen LogP contribution in [0.4, 0.5) is 0 Å². The summed E-state index contributed by atoms with van der Waals surface area (Å²) >= 11 is 0. The zero-order chi connectivity index (χ0) is 9.78. The highest BCUT2D eigenvalue weighted by atomic mass is 16.1. The van der Waals surface area contributed by atoms with Crippen molar-refractivity contribution >= 4 is 5.78 Å². The summed E-state index contributed by atoms with van der Waals surface area (Å²) < 4.78 is 0.641. The Morgan fingerprint density at radius 1 is 1.50 bits per heavy atom. The zero-order valence-electron chi connectivity index (χ0n) is 8.26. The topological polar surface area (TPSA) is 43.1 Å². The summed E-state index contributed by atoms with van der Waals surface area (Å²) in [6.07, 6.45) is 0. The molecule has 0 heterocycles. The third-order valence-electron chi connectivity index (χ3n) is 1.78. The van der Waals surface area contributed by atoms with Crippen LogP contribution in [0.5, 0.6) is 0 Å². The molecule has 0 unspecified atom stereocenters. The summed E-state index contributed by atoms with van der Waals surface area (Å²) in [7, 11) is 3.99. The molecule has 3 nitrogen and oxygen atoms in total. The van der Waals surface area contributed by atoms with Gasteiger partial charge < -0.3 is 10.2 Å². The summed E-state index contributed by atoms with van der Waals surface area (Å²) in [5.74, 6) is 0.119. The minimum Gasteiger partial charge on any atom is -0.326 e. The predicted molar refractivity (Wildman–Crippen MR) is 50.7 cm³/mol. The monoisotopic (exact) mass is 171 g/mol. The summed E-state index contributed by atoms with van der Waals surface area (Å²) in [6.45, 7) is 7.27. The molecule has 0 aliphatic carbocycles. The Balaban J connectivity index is 4.05. The van der Waals surface area contributed by atoms with Gasteiger partial charge in [-0.05, 0) is 12.5 Å². The molecule has 0 fully saturated rings. The van der Waals surface area contributed by atoms with Crippen molar-refractivity contribution in [2.75, 3.05) is 33.7 Å². The van der Waals surface area contributed by atoms with Gasteiger partial charge in [0.2, 0.25) is 5.78 Å². The lowest BCUT2D eigenvalue weighted by Crippen LogP contribution is -2.47. The molecule has 0 atom stereocenters. The first kappa shape index (κ1) is 11.3. The van der Waals surface area contributed by atoms with Crippen molar-refractivity contribution < 1.29 is 9.28 Å². The molecule has 2 N–H and O–H groups in total. The van der Waals surface area contributed by atoms with Gasteiger partial charge in [-0.25, -0.2) is 0 Å². The average molecular weight is 171 g/mol. The number of Topliss-reactive ketones (excluding diaryl/α,β-unsaturated/α-hetero) is 1. The van der Waals surface area contributed by atoms with Crippen molar-refractivity contribution in [2.24, 2.45) is 5.73 Å². The second-order valence-corrected chi connectivity index (χ2v) is 3.81. The summed E-state index contributed by atoms with van der Waals surface area (Å²) in [6, 6.07) is 0. The summed E-state index contributed by atoms with van der Waals surface area (Å²) in [5, 5.41) is 0. The van der Waals surface area contributed by atoms with E-state index in [0.717, 1.165) is 6.54 Å². The number of carbonyl (C=O) groups excluding carboxylic acids is 1. The normalized spacial score (nSPS) is 11.3. The first-order valence-electron chi connectivity index (χ1n) is 4.10. The van der Waals surface area contributed by atoms with Crippen molar-refractivity contribution in [3.05, 3.63) is 12.2 Å². The van der Waals surface area contributed by atoms with Crippen LogP contribution >= 0.6 is 0 Å². The number of rotatable bonds is 5. The summed E-state index contributed by atoms with van der Waals surface area (Å²) in [4.78, 5) is 11.3. The standard InChI is InChI=1S/C9H19N2O/c1-8(2)9(12)7-11(3,4)6-5-10/h1,5-7,10H2,2-4H3/q+1. The van der Waals surface area contributed by atoms with Gasteiger partial charge in [0.25, 0.3) is 0 Å². The van der Waals surface area contributed by atoms with Gasteiger partial charge in [0.05, 0.1) is 20.6 Å². The van der Waals surface area contributed by atoms with Crippen molar-refractivity contribution in [3.8, 4) is 0 Å². The van der Waals surface area contributed by atoms with Crippen LogP contribution in [-0.2, 0) is 4.79 Å². The molecular formula is C9H19N2O+. The van der Waals surface area contributed by atoms with Gasteiger partial charge in [-0.3, -0.25) is 4.79 Å². The van der Waals surface area contributed by atoms with Crippen LogP contribution in [0.1, 0.15) is 6.92 Å². The first-order valence-corrected chi connectivity index (χ1v) is 4.10. The molecule has 0 aliphatic heterocycles. The van der Waals surface area contributed by atoms with E-state index in [1.54, 1.807) is 6.92 Å². The van der Waals surface area contributed by atoms with E-state index in [0.29, 0.717) is 23.1 Å². The van der Waals surface area contributed by atoms with Crippen LogP contribution in [0, 0.1) is 0 Å². The van der Waals surface area contributed by atoms with E-state index in [2.05, 4.69) is 6.58 Å². The molecule has 0 amide bonds.